The van der Waals surface area contributed by atoms with Crippen molar-refractivity contribution < 1.29 is 22.7 Å². The van der Waals surface area contributed by atoms with Crippen LogP contribution in [0.15, 0.2) is 41.3 Å². The highest BCUT2D eigenvalue weighted by Crippen LogP contribution is 2.29. The molecule has 0 aliphatic heterocycles. The van der Waals surface area contributed by atoms with Gasteiger partial charge in [0.1, 0.15) is 10.6 Å². The van der Waals surface area contributed by atoms with Crippen LogP contribution in [0.25, 0.3) is 0 Å². The number of sulfonamides is 1. The van der Waals surface area contributed by atoms with Gasteiger partial charge >= 0.3 is 0 Å². The first kappa shape index (κ1) is 23.1. The molecule has 0 unspecified atom stereocenters. The predicted octanol–water partition coefficient (Wildman–Crippen LogP) is 3.78. The molecule has 0 bridgehead atoms. The minimum Gasteiger partial charge on any atom is -0.495 e. The van der Waals surface area contributed by atoms with E-state index in [4.69, 9.17) is 16.3 Å². The van der Waals surface area contributed by atoms with Gasteiger partial charge in [0.2, 0.25) is 15.9 Å². The van der Waals surface area contributed by atoms with E-state index in [9.17, 15) is 18.0 Å². The summed E-state index contributed by atoms with van der Waals surface area (Å²) >= 11 is 6.02. The smallest absolute Gasteiger partial charge is 0.255 e. The Kier molecular flexibility index (Phi) is 7.19. The van der Waals surface area contributed by atoms with E-state index in [1.807, 2.05) is 0 Å². The van der Waals surface area contributed by atoms with Crippen molar-refractivity contribution in [1.29, 1.82) is 0 Å². The molecule has 0 aromatic heterocycles. The number of methoxy groups -OCH3 is 1. The molecule has 0 saturated heterocycles. The molecule has 1 aliphatic rings. The fraction of sp³-hybridized carbons (Fsp3) is 0.333. The molecule has 0 heterocycles. The fourth-order valence-electron chi connectivity index (χ4n) is 3.47. The summed E-state index contributed by atoms with van der Waals surface area (Å²) in [4.78, 5) is 24.2. The van der Waals surface area contributed by atoms with Crippen LogP contribution < -0.4 is 20.1 Å². The van der Waals surface area contributed by atoms with E-state index in [1.165, 1.54) is 38.3 Å². The van der Waals surface area contributed by atoms with Crippen LogP contribution in [0.2, 0.25) is 5.02 Å². The third kappa shape index (κ3) is 5.75. The van der Waals surface area contributed by atoms with E-state index in [0.717, 1.165) is 25.7 Å². The van der Waals surface area contributed by atoms with Crippen molar-refractivity contribution in [3.63, 3.8) is 0 Å². The molecule has 1 aliphatic carbocycles. The first-order chi connectivity index (χ1) is 14.7. The molecule has 31 heavy (non-hydrogen) atoms. The molecule has 166 valence electrons. The van der Waals surface area contributed by atoms with Crippen LogP contribution in [0.5, 0.6) is 5.75 Å². The lowest BCUT2D eigenvalue weighted by atomic mass is 10.2. The van der Waals surface area contributed by atoms with Gasteiger partial charge in [-0.1, -0.05) is 24.4 Å². The fourth-order valence-corrected chi connectivity index (χ4v) is 5.14. The summed E-state index contributed by atoms with van der Waals surface area (Å²) in [5.74, 6) is -0.730. The SMILES string of the molecule is COc1ccc(C(=O)Nc2cc(Cl)ccc2NC(C)=O)cc1S(=O)(=O)NC1CCCC1. The first-order valence-corrected chi connectivity index (χ1v) is 11.6. The normalized spacial score (nSPS) is 14.3. The molecule has 8 nitrogen and oxygen atoms in total. The molecular formula is C21H24ClN3O5S. The predicted molar refractivity (Wildman–Crippen MR) is 119 cm³/mol. The van der Waals surface area contributed by atoms with E-state index in [2.05, 4.69) is 15.4 Å². The Morgan fingerprint density at radius 3 is 2.39 bits per heavy atom. The molecule has 2 aromatic rings. The summed E-state index contributed by atoms with van der Waals surface area (Å²) in [6, 6.07) is 8.68. The van der Waals surface area contributed by atoms with E-state index in [1.54, 1.807) is 12.1 Å². The summed E-state index contributed by atoms with van der Waals surface area (Å²) in [5.41, 5.74) is 0.771. The minimum atomic E-state index is -3.88. The van der Waals surface area contributed by atoms with Gasteiger partial charge in [-0.3, -0.25) is 9.59 Å². The van der Waals surface area contributed by atoms with Gasteiger partial charge in [-0.15, -0.1) is 0 Å². The Bertz CT molecular complexity index is 1100. The van der Waals surface area contributed by atoms with Gasteiger partial charge in [-0.05, 0) is 49.2 Å². The molecule has 10 heteroatoms. The summed E-state index contributed by atoms with van der Waals surface area (Å²) < 4.78 is 33.8. The van der Waals surface area contributed by atoms with Crippen molar-refractivity contribution in [2.24, 2.45) is 0 Å². The van der Waals surface area contributed by atoms with E-state index in [-0.39, 0.29) is 33.8 Å². The highest BCUT2D eigenvalue weighted by molar-refractivity contribution is 7.89. The van der Waals surface area contributed by atoms with Crippen LogP contribution in [0.1, 0.15) is 43.0 Å². The molecule has 0 atom stereocenters. The molecular weight excluding hydrogens is 442 g/mol. The van der Waals surface area contributed by atoms with Gasteiger partial charge < -0.3 is 15.4 Å². The van der Waals surface area contributed by atoms with Crippen molar-refractivity contribution in [1.82, 2.24) is 4.72 Å². The van der Waals surface area contributed by atoms with Crippen LogP contribution in [-0.2, 0) is 14.8 Å². The summed E-state index contributed by atoms with van der Waals surface area (Å²) in [7, 11) is -2.51. The third-order valence-electron chi connectivity index (χ3n) is 4.93. The number of carbonyl (C=O) groups is 2. The number of anilines is 2. The highest BCUT2D eigenvalue weighted by Gasteiger charge is 2.26. The Morgan fingerprint density at radius 1 is 1.03 bits per heavy atom. The maximum absolute atomic E-state index is 12.9. The van der Waals surface area contributed by atoms with E-state index in [0.29, 0.717) is 10.7 Å². The number of ether oxygens (including phenoxy) is 1. The number of halogens is 1. The largest absolute Gasteiger partial charge is 0.495 e. The molecule has 2 aromatic carbocycles. The Balaban J connectivity index is 1.90. The second kappa shape index (κ2) is 9.67. The number of benzene rings is 2. The average molecular weight is 466 g/mol. The molecule has 1 saturated carbocycles. The van der Waals surface area contributed by atoms with E-state index < -0.39 is 15.9 Å². The van der Waals surface area contributed by atoms with Gasteiger partial charge in [0.25, 0.3) is 5.91 Å². The second-order valence-electron chi connectivity index (χ2n) is 7.29. The zero-order valence-electron chi connectivity index (χ0n) is 17.2. The number of hydrogen-bond acceptors (Lipinski definition) is 5. The van der Waals surface area contributed by atoms with Gasteiger partial charge in [0.05, 0.1) is 18.5 Å². The topological polar surface area (TPSA) is 114 Å². The second-order valence-corrected chi connectivity index (χ2v) is 9.41. The van der Waals surface area contributed by atoms with Crippen LogP contribution in [-0.4, -0.2) is 33.4 Å². The Hall–Kier alpha value is -2.62. The lowest BCUT2D eigenvalue weighted by molar-refractivity contribution is -0.114. The van der Waals surface area contributed by atoms with Crippen LogP contribution >= 0.6 is 11.6 Å². The zero-order valence-corrected chi connectivity index (χ0v) is 18.8. The van der Waals surface area contributed by atoms with Crippen molar-refractivity contribution in [3.05, 3.63) is 47.0 Å². The maximum atomic E-state index is 12.9. The molecule has 0 spiro atoms. The summed E-state index contributed by atoms with van der Waals surface area (Å²) in [6.07, 6.45) is 3.51. The van der Waals surface area contributed by atoms with Crippen molar-refractivity contribution in [3.8, 4) is 5.75 Å². The number of amides is 2. The third-order valence-corrected chi connectivity index (χ3v) is 6.71. The van der Waals surface area contributed by atoms with Crippen molar-refractivity contribution in [2.75, 3.05) is 17.7 Å². The first-order valence-electron chi connectivity index (χ1n) is 9.78. The maximum Gasteiger partial charge on any atom is 0.255 e. The molecule has 3 rings (SSSR count). The summed E-state index contributed by atoms with van der Waals surface area (Å²) in [5, 5.41) is 5.65. The standard InChI is InChI=1S/C21H24ClN3O5S/c1-13(26)23-17-9-8-15(22)12-18(17)24-21(27)14-7-10-19(30-2)20(11-14)31(28,29)25-16-5-3-4-6-16/h7-12,16,25H,3-6H2,1-2H3,(H,23,26)(H,24,27). The Morgan fingerprint density at radius 2 is 1.74 bits per heavy atom. The number of hydrogen-bond donors (Lipinski definition) is 3. The average Bonchev–Trinajstić information content (AvgIpc) is 3.21. The van der Waals surface area contributed by atoms with Crippen molar-refractivity contribution >= 4 is 44.8 Å². The van der Waals surface area contributed by atoms with Crippen LogP contribution in [0, 0.1) is 0 Å². The quantitative estimate of drug-likeness (QED) is 0.575. The number of carbonyl (C=O) groups excluding carboxylic acids is 2. The highest BCUT2D eigenvalue weighted by atomic mass is 35.5. The lowest BCUT2D eigenvalue weighted by Gasteiger charge is -2.16. The van der Waals surface area contributed by atoms with Gasteiger partial charge in [-0.25, -0.2) is 13.1 Å². The Labute approximate surface area is 186 Å². The van der Waals surface area contributed by atoms with Gasteiger partial charge in [0, 0.05) is 23.6 Å². The van der Waals surface area contributed by atoms with Gasteiger partial charge in [0.15, 0.2) is 0 Å². The number of nitrogens with one attached hydrogen (secondary N) is 3. The molecule has 3 N–H and O–H groups in total. The summed E-state index contributed by atoms with van der Waals surface area (Å²) in [6.45, 7) is 1.35. The van der Waals surface area contributed by atoms with E-state index >= 15 is 0 Å². The van der Waals surface area contributed by atoms with Crippen LogP contribution in [0.4, 0.5) is 11.4 Å². The van der Waals surface area contributed by atoms with Crippen molar-refractivity contribution in [2.45, 2.75) is 43.5 Å². The lowest BCUT2D eigenvalue weighted by Crippen LogP contribution is -2.33. The number of rotatable bonds is 7. The monoisotopic (exact) mass is 465 g/mol. The minimum absolute atomic E-state index is 0.109. The molecule has 1 fully saturated rings. The van der Waals surface area contributed by atoms with Gasteiger partial charge in [-0.2, -0.15) is 0 Å². The molecule has 2 amide bonds. The molecule has 0 radical (unpaired) electrons. The zero-order chi connectivity index (χ0) is 22.6. The van der Waals surface area contributed by atoms with Crippen LogP contribution in [0.3, 0.4) is 0 Å².